The molecule has 33 heavy (non-hydrogen) atoms. The molecule has 1 saturated heterocycles. The number of carbonyl (C=O) groups is 1. The second-order valence-corrected chi connectivity index (χ2v) is 10.7. The maximum atomic E-state index is 13.4. The molecule has 0 saturated carbocycles. The molecule has 1 aromatic carbocycles. The lowest BCUT2D eigenvalue weighted by Crippen LogP contribution is -2.39. The van der Waals surface area contributed by atoms with E-state index in [4.69, 9.17) is 16.7 Å². The number of fused-ring (bicyclic) bond motifs is 1. The van der Waals surface area contributed by atoms with Crippen molar-refractivity contribution in [2.24, 2.45) is 5.14 Å². The Morgan fingerprint density at radius 3 is 2.55 bits per heavy atom. The van der Waals surface area contributed by atoms with Gasteiger partial charge in [0.15, 0.2) is 5.78 Å². The van der Waals surface area contributed by atoms with E-state index >= 15 is 0 Å². The number of carbonyl (C=O) groups excluding carboxylic acids is 1. The van der Waals surface area contributed by atoms with E-state index in [1.165, 1.54) is 0 Å². The summed E-state index contributed by atoms with van der Waals surface area (Å²) < 4.78 is 24.8. The first-order valence-corrected chi connectivity index (χ1v) is 12.9. The standard InChI is InChI=1S/C23H27ClN4O4S/c1-15-22(21(30)14-27-9-6-19(29)7-10-27)23-20(28(15)18-4-2-17(24)3-5-18)12-16(13-26-23)8-11-33(25,31)32/h2-5,12-13,19,29H,6-11,14H2,1H3,(H2,25,31,32). The van der Waals surface area contributed by atoms with Crippen molar-refractivity contribution in [3.05, 3.63) is 58.4 Å². The number of benzene rings is 1. The van der Waals surface area contributed by atoms with Crippen LogP contribution in [-0.4, -0.2) is 65.2 Å². The predicted octanol–water partition coefficient (Wildman–Crippen LogP) is 2.46. The predicted molar refractivity (Wildman–Crippen MR) is 129 cm³/mol. The molecule has 1 aliphatic heterocycles. The molecule has 0 amide bonds. The summed E-state index contributed by atoms with van der Waals surface area (Å²) >= 11 is 6.07. The summed E-state index contributed by atoms with van der Waals surface area (Å²) in [7, 11) is -3.61. The molecular formula is C23H27ClN4O4S. The largest absolute Gasteiger partial charge is 0.393 e. The average molecular weight is 491 g/mol. The van der Waals surface area contributed by atoms with Gasteiger partial charge in [-0.2, -0.15) is 0 Å². The average Bonchev–Trinajstić information content (AvgIpc) is 3.05. The zero-order valence-electron chi connectivity index (χ0n) is 18.4. The fourth-order valence-corrected chi connectivity index (χ4v) is 4.98. The number of hydrogen-bond donors (Lipinski definition) is 2. The van der Waals surface area contributed by atoms with Gasteiger partial charge in [0, 0.05) is 35.7 Å². The van der Waals surface area contributed by atoms with E-state index in [9.17, 15) is 18.3 Å². The highest BCUT2D eigenvalue weighted by Crippen LogP contribution is 2.30. The maximum Gasteiger partial charge on any atom is 0.209 e. The Bertz CT molecular complexity index is 1280. The summed E-state index contributed by atoms with van der Waals surface area (Å²) in [4.78, 5) is 20.0. The van der Waals surface area contributed by atoms with E-state index in [1.807, 2.05) is 29.7 Å². The van der Waals surface area contributed by atoms with Gasteiger partial charge in [-0.25, -0.2) is 13.6 Å². The summed E-state index contributed by atoms with van der Waals surface area (Å²) in [5.74, 6) is -0.223. The Balaban J connectivity index is 1.77. The fourth-order valence-electron chi connectivity index (χ4n) is 4.33. The first-order chi connectivity index (χ1) is 15.6. The molecule has 10 heteroatoms. The van der Waals surface area contributed by atoms with Gasteiger partial charge < -0.3 is 9.67 Å². The topological polar surface area (TPSA) is 119 Å². The molecule has 4 rings (SSSR count). The van der Waals surface area contributed by atoms with Crippen LogP contribution in [-0.2, 0) is 16.4 Å². The monoisotopic (exact) mass is 490 g/mol. The molecule has 0 aliphatic carbocycles. The van der Waals surface area contributed by atoms with Crippen molar-refractivity contribution in [2.75, 3.05) is 25.4 Å². The molecule has 1 aliphatic rings. The Kier molecular flexibility index (Phi) is 6.88. The van der Waals surface area contributed by atoms with Crippen molar-refractivity contribution in [3.63, 3.8) is 0 Å². The van der Waals surface area contributed by atoms with Gasteiger partial charge in [-0.05, 0) is 62.1 Å². The van der Waals surface area contributed by atoms with Gasteiger partial charge in [-0.3, -0.25) is 14.7 Å². The number of aliphatic hydroxyl groups is 1. The number of sulfonamides is 1. The number of primary sulfonamides is 1. The van der Waals surface area contributed by atoms with Gasteiger partial charge in [0.1, 0.15) is 0 Å². The van der Waals surface area contributed by atoms with Gasteiger partial charge in [0.2, 0.25) is 10.0 Å². The summed E-state index contributed by atoms with van der Waals surface area (Å²) in [5.41, 5.74) is 4.14. The number of hydrogen-bond acceptors (Lipinski definition) is 6. The highest BCUT2D eigenvalue weighted by Gasteiger charge is 2.26. The number of nitrogens with two attached hydrogens (primary N) is 1. The highest BCUT2D eigenvalue weighted by molar-refractivity contribution is 7.89. The molecule has 3 heterocycles. The number of aromatic nitrogens is 2. The van der Waals surface area contributed by atoms with Crippen LogP contribution in [0.15, 0.2) is 36.5 Å². The molecule has 0 spiro atoms. The van der Waals surface area contributed by atoms with Gasteiger partial charge >= 0.3 is 0 Å². The number of piperidine rings is 1. The number of halogens is 1. The smallest absolute Gasteiger partial charge is 0.209 e. The van der Waals surface area contributed by atoms with Gasteiger partial charge in [0.25, 0.3) is 0 Å². The second-order valence-electron chi connectivity index (χ2n) is 8.53. The van der Waals surface area contributed by atoms with Crippen LogP contribution < -0.4 is 5.14 Å². The van der Waals surface area contributed by atoms with Crippen LogP contribution >= 0.6 is 11.6 Å². The Hall–Kier alpha value is -2.30. The lowest BCUT2D eigenvalue weighted by Gasteiger charge is -2.28. The third-order valence-electron chi connectivity index (χ3n) is 6.06. The number of aryl methyl sites for hydroxylation is 1. The number of aliphatic hydroxyl groups excluding tert-OH is 1. The van der Waals surface area contributed by atoms with Gasteiger partial charge in [0.05, 0.1) is 35.0 Å². The summed E-state index contributed by atoms with van der Waals surface area (Å²) in [6.07, 6.45) is 2.84. The second kappa shape index (κ2) is 9.52. The zero-order valence-corrected chi connectivity index (χ0v) is 19.9. The first kappa shape index (κ1) is 23.8. The van der Waals surface area contributed by atoms with Crippen LogP contribution in [0.3, 0.4) is 0 Å². The minimum atomic E-state index is -3.61. The lowest BCUT2D eigenvalue weighted by molar-refractivity contribution is 0.0711. The molecule has 176 valence electrons. The van der Waals surface area contributed by atoms with Crippen LogP contribution in [0, 0.1) is 6.92 Å². The van der Waals surface area contributed by atoms with E-state index in [-0.39, 0.29) is 30.6 Å². The van der Waals surface area contributed by atoms with Crippen molar-refractivity contribution in [1.29, 1.82) is 0 Å². The molecule has 0 bridgehead atoms. The van der Waals surface area contributed by atoms with Gasteiger partial charge in [-0.15, -0.1) is 0 Å². The summed E-state index contributed by atoms with van der Waals surface area (Å²) in [6, 6.07) is 9.16. The summed E-state index contributed by atoms with van der Waals surface area (Å²) in [5, 5.41) is 15.5. The number of rotatable bonds is 7. The molecule has 0 radical (unpaired) electrons. The number of pyridine rings is 1. The normalized spacial score (nSPS) is 15.9. The van der Waals surface area contributed by atoms with Crippen molar-refractivity contribution < 1.29 is 18.3 Å². The first-order valence-electron chi connectivity index (χ1n) is 10.8. The van der Waals surface area contributed by atoms with Crippen molar-refractivity contribution in [1.82, 2.24) is 14.5 Å². The van der Waals surface area contributed by atoms with Crippen LogP contribution in [0.1, 0.15) is 34.5 Å². The summed E-state index contributed by atoms with van der Waals surface area (Å²) in [6.45, 7) is 3.48. The maximum absolute atomic E-state index is 13.4. The fraction of sp³-hybridized carbons (Fsp3) is 0.391. The number of nitrogens with zero attached hydrogens (tertiary/aromatic N) is 3. The third-order valence-corrected chi connectivity index (χ3v) is 7.09. The van der Waals surface area contributed by atoms with E-state index in [0.29, 0.717) is 47.6 Å². The molecule has 0 atom stereocenters. The minimum absolute atomic E-state index is 0.0358. The third kappa shape index (κ3) is 5.44. The molecule has 8 nitrogen and oxygen atoms in total. The van der Waals surface area contributed by atoms with E-state index in [1.54, 1.807) is 18.3 Å². The quantitative estimate of drug-likeness (QED) is 0.491. The molecule has 2 aromatic heterocycles. The van der Waals surface area contributed by atoms with Crippen LogP contribution in [0.25, 0.3) is 16.7 Å². The van der Waals surface area contributed by atoms with Crippen molar-refractivity contribution in [3.8, 4) is 5.69 Å². The van der Waals surface area contributed by atoms with Gasteiger partial charge in [-0.1, -0.05) is 11.6 Å². The molecule has 3 aromatic rings. The number of likely N-dealkylation sites (tertiary alicyclic amines) is 1. The number of Topliss-reactive ketones (excluding diaryl/α,β-unsaturated/α-hetero) is 1. The molecule has 1 fully saturated rings. The Labute approximate surface area is 198 Å². The van der Waals surface area contributed by atoms with Crippen LogP contribution in [0.2, 0.25) is 5.02 Å². The SMILES string of the molecule is Cc1c(C(=O)CN2CCC(O)CC2)c2ncc(CCS(N)(=O)=O)cc2n1-c1ccc(Cl)cc1. The Morgan fingerprint density at radius 1 is 1.24 bits per heavy atom. The Morgan fingerprint density at radius 2 is 1.91 bits per heavy atom. The molecular weight excluding hydrogens is 464 g/mol. The van der Waals surface area contributed by atoms with E-state index < -0.39 is 10.0 Å². The lowest BCUT2D eigenvalue weighted by atomic mass is 10.1. The zero-order chi connectivity index (χ0) is 23.8. The minimum Gasteiger partial charge on any atom is -0.393 e. The van der Waals surface area contributed by atoms with Crippen LogP contribution in [0.4, 0.5) is 0 Å². The van der Waals surface area contributed by atoms with Crippen LogP contribution in [0.5, 0.6) is 0 Å². The van der Waals surface area contributed by atoms with E-state index in [2.05, 4.69) is 9.88 Å². The number of ketones is 1. The van der Waals surface area contributed by atoms with Crippen molar-refractivity contribution in [2.45, 2.75) is 32.3 Å². The van der Waals surface area contributed by atoms with E-state index in [0.717, 1.165) is 16.9 Å². The van der Waals surface area contributed by atoms with Crippen molar-refractivity contribution >= 4 is 38.4 Å². The molecule has 3 N–H and O–H groups in total. The molecule has 0 unspecified atom stereocenters. The highest BCUT2D eigenvalue weighted by atomic mass is 35.5.